The van der Waals surface area contributed by atoms with Gasteiger partial charge in [-0.15, -0.1) is 0 Å². The smallest absolute Gasteiger partial charge is 0.248 e. The van der Waals surface area contributed by atoms with Crippen LogP contribution in [0.3, 0.4) is 0 Å². The summed E-state index contributed by atoms with van der Waals surface area (Å²) in [6, 6.07) is 0. The summed E-state index contributed by atoms with van der Waals surface area (Å²) in [4.78, 5) is 0. The fourth-order valence-corrected chi connectivity index (χ4v) is 9.02. The molecule has 2 fully saturated rings. The zero-order valence-electron chi connectivity index (χ0n) is 10.1. The lowest BCUT2D eigenvalue weighted by Gasteiger charge is -2.37. The molecule has 2 nitrogen and oxygen atoms in total. The molecule has 0 aromatic rings. The summed E-state index contributed by atoms with van der Waals surface area (Å²) in [5.74, 6) is 0.595. The first-order valence-corrected chi connectivity index (χ1v) is 9.65. The van der Waals surface area contributed by atoms with Crippen LogP contribution in [0.2, 0.25) is 0 Å². The average molecular weight is 278 g/mol. The minimum Gasteiger partial charge on any atom is -0.325 e. The zero-order valence-corrected chi connectivity index (χ0v) is 12.6. The van der Waals surface area contributed by atoms with E-state index in [1.54, 1.807) is 18.5 Å². The summed E-state index contributed by atoms with van der Waals surface area (Å²) in [6.45, 7) is 8.44. The van der Waals surface area contributed by atoms with Crippen molar-refractivity contribution in [3.05, 3.63) is 12.2 Å². The molecule has 4 unspecified atom stereocenters. The molecule has 5 heteroatoms. The second kappa shape index (κ2) is 4.40. The van der Waals surface area contributed by atoms with Gasteiger partial charge in [0.05, 0.1) is 6.10 Å². The lowest BCUT2D eigenvalue weighted by Crippen LogP contribution is -2.39. The van der Waals surface area contributed by atoms with Crippen molar-refractivity contribution in [2.45, 2.75) is 44.0 Å². The Balaban J connectivity index is 2.16. The first-order chi connectivity index (χ1) is 7.38. The van der Waals surface area contributed by atoms with Crippen LogP contribution in [-0.4, -0.2) is 18.0 Å². The molecule has 1 saturated heterocycles. The first-order valence-electron chi connectivity index (χ1n) is 5.59. The summed E-state index contributed by atoms with van der Waals surface area (Å²) < 4.78 is 11.6. The van der Waals surface area contributed by atoms with E-state index < -0.39 is 5.69 Å². The molecule has 1 heterocycles. The molecule has 92 valence electrons. The fraction of sp³-hybridized carbons (Fsp3) is 0.818. The Bertz CT molecular complexity index is 358. The zero-order chi connectivity index (χ0) is 12.0. The van der Waals surface area contributed by atoms with Gasteiger partial charge < -0.3 is 9.05 Å². The maximum atomic E-state index is 6.01. The molecule has 2 aliphatic rings. The Hall–Kier alpha value is 0.660. The standard InChI is InChI=1S/C11H19O2PS2/c1-8(2)9-5-6-11(3)10(7-9)13-14(15,12-4)16-11/h9-10H,1,5-7H2,2-4H3. The van der Waals surface area contributed by atoms with E-state index in [-0.39, 0.29) is 10.9 Å². The predicted octanol–water partition coefficient (Wildman–Crippen LogP) is 4.12. The minimum absolute atomic E-state index is 0.164. The summed E-state index contributed by atoms with van der Waals surface area (Å²) in [5, 5.41) is 0. The van der Waals surface area contributed by atoms with Crippen LogP contribution in [0.25, 0.3) is 0 Å². The fourth-order valence-electron chi connectivity index (χ4n) is 2.47. The highest BCUT2D eigenvalue weighted by atomic mass is 32.9. The molecule has 0 aromatic heterocycles. The largest absolute Gasteiger partial charge is 0.325 e. The van der Waals surface area contributed by atoms with Crippen LogP contribution in [0.1, 0.15) is 33.1 Å². The van der Waals surface area contributed by atoms with Crippen molar-refractivity contribution in [1.82, 2.24) is 0 Å². The van der Waals surface area contributed by atoms with Crippen LogP contribution >= 0.6 is 17.1 Å². The molecule has 1 aliphatic heterocycles. The van der Waals surface area contributed by atoms with Gasteiger partial charge in [0.2, 0.25) is 5.69 Å². The molecule has 16 heavy (non-hydrogen) atoms. The van der Waals surface area contributed by atoms with Gasteiger partial charge in [-0.05, 0) is 50.8 Å². The van der Waals surface area contributed by atoms with E-state index in [1.807, 2.05) is 0 Å². The van der Waals surface area contributed by atoms with Crippen LogP contribution in [-0.2, 0) is 20.9 Å². The van der Waals surface area contributed by atoms with Crippen molar-refractivity contribution in [2.75, 3.05) is 7.11 Å². The highest BCUT2D eigenvalue weighted by Gasteiger charge is 2.52. The van der Waals surface area contributed by atoms with Gasteiger partial charge in [-0.3, -0.25) is 0 Å². The molecule has 1 saturated carbocycles. The van der Waals surface area contributed by atoms with E-state index in [2.05, 4.69) is 20.4 Å². The molecule has 1 aliphatic carbocycles. The van der Waals surface area contributed by atoms with Gasteiger partial charge in [0, 0.05) is 11.9 Å². The van der Waals surface area contributed by atoms with Crippen molar-refractivity contribution >= 4 is 28.9 Å². The van der Waals surface area contributed by atoms with Gasteiger partial charge >= 0.3 is 0 Å². The molecule has 0 aromatic carbocycles. The van der Waals surface area contributed by atoms with E-state index in [1.165, 1.54) is 12.0 Å². The molecule has 0 spiro atoms. The van der Waals surface area contributed by atoms with Gasteiger partial charge in [0.25, 0.3) is 0 Å². The number of rotatable bonds is 2. The minimum atomic E-state index is -2.06. The summed E-state index contributed by atoms with van der Waals surface area (Å²) >= 11 is 7.23. The second-order valence-electron chi connectivity index (χ2n) is 4.95. The van der Waals surface area contributed by atoms with Crippen LogP contribution in [0.4, 0.5) is 0 Å². The van der Waals surface area contributed by atoms with Crippen LogP contribution in [0.5, 0.6) is 0 Å². The third kappa shape index (κ3) is 2.28. The normalized spacial score (nSPS) is 47.7. The van der Waals surface area contributed by atoms with E-state index in [9.17, 15) is 0 Å². The van der Waals surface area contributed by atoms with Gasteiger partial charge in [0.15, 0.2) is 0 Å². The van der Waals surface area contributed by atoms with E-state index in [4.69, 9.17) is 20.9 Å². The van der Waals surface area contributed by atoms with Gasteiger partial charge in [-0.2, -0.15) is 0 Å². The molecule has 0 radical (unpaired) electrons. The van der Waals surface area contributed by atoms with Crippen LogP contribution in [0, 0.1) is 5.92 Å². The Labute approximate surface area is 107 Å². The Morgan fingerprint density at radius 1 is 1.69 bits per heavy atom. The lowest BCUT2D eigenvalue weighted by molar-refractivity contribution is 0.114. The van der Waals surface area contributed by atoms with Crippen molar-refractivity contribution in [3.63, 3.8) is 0 Å². The molecule has 4 atom stereocenters. The Morgan fingerprint density at radius 2 is 2.38 bits per heavy atom. The Morgan fingerprint density at radius 3 is 2.94 bits per heavy atom. The highest BCUT2D eigenvalue weighted by molar-refractivity contribution is 8.68. The molecular formula is C11H19O2PS2. The van der Waals surface area contributed by atoms with E-state index >= 15 is 0 Å². The topological polar surface area (TPSA) is 18.5 Å². The monoisotopic (exact) mass is 278 g/mol. The van der Waals surface area contributed by atoms with Crippen molar-refractivity contribution in [3.8, 4) is 0 Å². The molecule has 0 N–H and O–H groups in total. The predicted molar refractivity (Wildman–Crippen MR) is 74.3 cm³/mol. The summed E-state index contributed by atoms with van der Waals surface area (Å²) in [7, 11) is 1.67. The van der Waals surface area contributed by atoms with Crippen molar-refractivity contribution in [2.24, 2.45) is 5.92 Å². The van der Waals surface area contributed by atoms with Crippen LogP contribution < -0.4 is 0 Å². The summed E-state index contributed by atoms with van der Waals surface area (Å²) in [6.07, 6.45) is 3.67. The third-order valence-corrected chi connectivity index (χ3v) is 9.74. The van der Waals surface area contributed by atoms with E-state index in [0.717, 1.165) is 12.8 Å². The molecule has 2 rings (SSSR count). The van der Waals surface area contributed by atoms with Gasteiger partial charge in [0.1, 0.15) is 0 Å². The van der Waals surface area contributed by atoms with E-state index in [0.29, 0.717) is 5.92 Å². The lowest BCUT2D eigenvalue weighted by atomic mass is 9.77. The number of hydrogen-bond acceptors (Lipinski definition) is 4. The average Bonchev–Trinajstić information content (AvgIpc) is 2.48. The maximum absolute atomic E-state index is 6.01. The van der Waals surface area contributed by atoms with Crippen LogP contribution in [0.15, 0.2) is 12.2 Å². The highest BCUT2D eigenvalue weighted by Crippen LogP contribution is 2.75. The SMILES string of the molecule is C=C(C)C1CCC2(C)SP(=S)(OC)OC2C1. The second-order valence-corrected chi connectivity index (χ2v) is 11.7. The number of allylic oxidation sites excluding steroid dienone is 1. The number of fused-ring (bicyclic) bond motifs is 1. The molecular weight excluding hydrogens is 259 g/mol. The Kier molecular flexibility index (Phi) is 3.60. The summed E-state index contributed by atoms with van der Waals surface area (Å²) in [5.41, 5.74) is -0.787. The van der Waals surface area contributed by atoms with Gasteiger partial charge in [-0.25, -0.2) is 0 Å². The molecule has 0 amide bonds. The quantitative estimate of drug-likeness (QED) is 0.558. The maximum Gasteiger partial charge on any atom is 0.248 e. The van der Waals surface area contributed by atoms with Crippen molar-refractivity contribution < 1.29 is 9.05 Å². The number of hydrogen-bond donors (Lipinski definition) is 0. The van der Waals surface area contributed by atoms with Gasteiger partial charge in [-0.1, -0.05) is 23.5 Å². The molecule has 0 bridgehead atoms. The third-order valence-electron chi connectivity index (χ3n) is 3.67. The van der Waals surface area contributed by atoms with Crippen molar-refractivity contribution in [1.29, 1.82) is 0 Å². The first kappa shape index (κ1) is 13.1.